The van der Waals surface area contributed by atoms with Gasteiger partial charge in [-0.1, -0.05) is 0 Å². The van der Waals surface area contributed by atoms with E-state index in [1.54, 1.807) is 27.7 Å². The molecule has 3 aliphatic rings. The molecular formula is C15H24O5S2. The van der Waals surface area contributed by atoms with Gasteiger partial charge in [-0.25, -0.2) is 16.8 Å². The van der Waals surface area contributed by atoms with Gasteiger partial charge in [0.15, 0.2) is 25.5 Å². The predicted molar refractivity (Wildman–Crippen MR) is 84.0 cm³/mol. The second-order valence-electron chi connectivity index (χ2n) is 7.82. The van der Waals surface area contributed by atoms with Crippen molar-refractivity contribution in [1.29, 1.82) is 0 Å². The maximum atomic E-state index is 12.9. The van der Waals surface area contributed by atoms with Gasteiger partial charge in [-0.2, -0.15) is 0 Å². The first kappa shape index (κ1) is 16.4. The van der Waals surface area contributed by atoms with E-state index >= 15 is 0 Å². The summed E-state index contributed by atoms with van der Waals surface area (Å²) in [6.07, 6.45) is 1.62. The number of fused-ring (bicyclic) bond motifs is 5. The van der Waals surface area contributed by atoms with Crippen molar-refractivity contribution in [1.82, 2.24) is 0 Å². The number of hydrogen-bond acceptors (Lipinski definition) is 5. The number of rotatable bonds is 2. The molecule has 5 nitrogen and oxygen atoms in total. The lowest BCUT2D eigenvalue weighted by Crippen LogP contribution is -2.51. The van der Waals surface area contributed by atoms with Gasteiger partial charge in [0.25, 0.3) is 0 Å². The molecule has 1 aliphatic carbocycles. The van der Waals surface area contributed by atoms with E-state index in [0.717, 1.165) is 0 Å². The second kappa shape index (κ2) is 4.35. The Balaban J connectivity index is 2.23. The van der Waals surface area contributed by atoms with Crippen LogP contribution in [0.25, 0.3) is 0 Å². The third kappa shape index (κ3) is 1.57. The first-order valence-corrected chi connectivity index (χ1v) is 11.0. The van der Waals surface area contributed by atoms with E-state index < -0.39 is 45.6 Å². The molecule has 0 aromatic rings. The van der Waals surface area contributed by atoms with Crippen molar-refractivity contribution in [2.75, 3.05) is 0 Å². The second-order valence-corrected chi connectivity index (χ2v) is 13.3. The van der Waals surface area contributed by atoms with E-state index in [2.05, 4.69) is 0 Å². The zero-order valence-electron chi connectivity index (χ0n) is 13.5. The monoisotopic (exact) mass is 348 g/mol. The van der Waals surface area contributed by atoms with E-state index in [0.29, 0.717) is 19.3 Å². The van der Waals surface area contributed by atoms with Crippen molar-refractivity contribution >= 4 is 25.5 Å². The highest BCUT2D eigenvalue weighted by atomic mass is 32.2. The molecule has 1 saturated carbocycles. The lowest BCUT2D eigenvalue weighted by molar-refractivity contribution is -0.119. The van der Waals surface area contributed by atoms with Crippen LogP contribution < -0.4 is 0 Å². The van der Waals surface area contributed by atoms with Crippen LogP contribution in [0.2, 0.25) is 0 Å². The molecule has 0 radical (unpaired) electrons. The van der Waals surface area contributed by atoms with Crippen molar-refractivity contribution in [2.45, 2.75) is 73.4 Å². The fourth-order valence-corrected chi connectivity index (χ4v) is 10.4. The summed E-state index contributed by atoms with van der Waals surface area (Å²) in [5.74, 6) is -1.07. The normalized spacial score (nSPS) is 47.0. The predicted octanol–water partition coefficient (Wildman–Crippen LogP) is 1.51. The molecule has 0 aromatic carbocycles. The van der Waals surface area contributed by atoms with Crippen LogP contribution >= 0.6 is 0 Å². The maximum Gasteiger partial charge on any atom is 0.166 e. The standard InChI is InChI=1S/C15H24O5S2/c1-9(2)21(17,18)15(4)7-5-10-12(15)13-11(16)6-8-14(10,3)22(13,19)20/h9-10,12-13H,5-8H2,1-4H3/t10-,12-,13+,14-,15+/m0/s1. The van der Waals surface area contributed by atoms with Gasteiger partial charge in [-0.05, 0) is 52.9 Å². The molecule has 0 N–H and O–H groups in total. The van der Waals surface area contributed by atoms with Crippen LogP contribution in [0.5, 0.6) is 0 Å². The van der Waals surface area contributed by atoms with Gasteiger partial charge < -0.3 is 0 Å². The molecule has 0 aromatic heterocycles. The molecule has 2 saturated heterocycles. The van der Waals surface area contributed by atoms with Gasteiger partial charge in [-0.3, -0.25) is 4.79 Å². The summed E-state index contributed by atoms with van der Waals surface area (Å²) in [4.78, 5) is 12.4. The molecular weight excluding hydrogens is 324 g/mol. The highest BCUT2D eigenvalue weighted by Crippen LogP contribution is 2.63. The fourth-order valence-electron chi connectivity index (χ4n) is 5.21. The lowest BCUT2D eigenvalue weighted by Gasteiger charge is -2.35. The van der Waals surface area contributed by atoms with Crippen molar-refractivity contribution in [3.8, 4) is 0 Å². The van der Waals surface area contributed by atoms with Crippen molar-refractivity contribution < 1.29 is 21.6 Å². The Bertz CT molecular complexity index is 736. The highest BCUT2D eigenvalue weighted by Gasteiger charge is 2.74. The summed E-state index contributed by atoms with van der Waals surface area (Å²) in [6, 6.07) is 0. The number of carbonyl (C=O) groups excluding carboxylic acids is 1. The quantitative estimate of drug-likeness (QED) is 0.755. The largest absolute Gasteiger partial charge is 0.298 e. The number of sulfone groups is 2. The van der Waals surface area contributed by atoms with Crippen molar-refractivity contribution in [2.24, 2.45) is 11.8 Å². The van der Waals surface area contributed by atoms with Gasteiger partial charge in [0.2, 0.25) is 0 Å². The molecule has 3 fully saturated rings. The van der Waals surface area contributed by atoms with Crippen LogP contribution in [0.3, 0.4) is 0 Å². The van der Waals surface area contributed by atoms with Crippen molar-refractivity contribution in [3.63, 3.8) is 0 Å². The van der Waals surface area contributed by atoms with Crippen LogP contribution in [-0.2, 0) is 24.5 Å². The van der Waals surface area contributed by atoms with E-state index in [1.165, 1.54) is 0 Å². The van der Waals surface area contributed by atoms with Crippen LogP contribution in [-0.4, -0.2) is 42.6 Å². The molecule has 3 rings (SSSR count). The average molecular weight is 348 g/mol. The Hall–Kier alpha value is -0.430. The molecule has 22 heavy (non-hydrogen) atoms. The number of hydrogen-bond donors (Lipinski definition) is 0. The molecule has 0 amide bonds. The van der Waals surface area contributed by atoms with Crippen LogP contribution in [0.15, 0.2) is 0 Å². The van der Waals surface area contributed by atoms with E-state index in [1.807, 2.05) is 0 Å². The summed E-state index contributed by atoms with van der Waals surface area (Å²) >= 11 is 0. The number of Topliss-reactive ketones (excluding diaryl/α,β-unsaturated/α-hetero) is 1. The van der Waals surface area contributed by atoms with Crippen LogP contribution in [0.1, 0.15) is 53.4 Å². The lowest BCUT2D eigenvalue weighted by atomic mass is 9.81. The van der Waals surface area contributed by atoms with Crippen molar-refractivity contribution in [3.05, 3.63) is 0 Å². The molecule has 2 heterocycles. The first-order chi connectivity index (χ1) is 9.91. The molecule has 0 spiro atoms. The summed E-state index contributed by atoms with van der Waals surface area (Å²) in [5.41, 5.74) is 0. The van der Waals surface area contributed by atoms with E-state index in [4.69, 9.17) is 0 Å². The molecule has 126 valence electrons. The number of carbonyl (C=O) groups is 1. The first-order valence-electron chi connectivity index (χ1n) is 7.91. The van der Waals surface area contributed by atoms with Crippen LogP contribution in [0.4, 0.5) is 0 Å². The fraction of sp³-hybridized carbons (Fsp3) is 0.933. The maximum absolute atomic E-state index is 12.9. The summed E-state index contributed by atoms with van der Waals surface area (Å²) < 4.78 is 49.5. The Labute approximate surface area is 132 Å². The third-order valence-electron chi connectivity index (χ3n) is 6.64. The van der Waals surface area contributed by atoms with E-state index in [-0.39, 0.29) is 18.1 Å². The minimum atomic E-state index is -3.61. The SMILES string of the molecule is CC(C)S(=O)(=O)[C@]1(C)CC[C@H]2[C@H]1[C@H]1C(=O)CC[C@]2(C)S1(=O)=O. The molecule has 5 atom stereocenters. The Morgan fingerprint density at radius 3 is 2.32 bits per heavy atom. The summed E-state index contributed by atoms with van der Waals surface area (Å²) in [7, 11) is -7.09. The van der Waals surface area contributed by atoms with Gasteiger partial charge in [0.1, 0.15) is 5.25 Å². The molecule has 2 aliphatic heterocycles. The van der Waals surface area contributed by atoms with Gasteiger partial charge >= 0.3 is 0 Å². The molecule has 2 bridgehead atoms. The molecule has 0 unspecified atom stereocenters. The summed E-state index contributed by atoms with van der Waals surface area (Å²) in [6.45, 7) is 6.65. The minimum Gasteiger partial charge on any atom is -0.298 e. The van der Waals surface area contributed by atoms with Crippen LogP contribution in [0, 0.1) is 11.8 Å². The Kier molecular flexibility index (Phi) is 3.25. The average Bonchev–Trinajstić information content (AvgIpc) is 2.77. The Morgan fingerprint density at radius 2 is 1.77 bits per heavy atom. The minimum absolute atomic E-state index is 0.215. The smallest absolute Gasteiger partial charge is 0.166 e. The topological polar surface area (TPSA) is 85.3 Å². The Morgan fingerprint density at radius 1 is 1.18 bits per heavy atom. The molecule has 7 heteroatoms. The zero-order valence-corrected chi connectivity index (χ0v) is 15.1. The zero-order chi connectivity index (χ0) is 16.7. The number of ketones is 1. The van der Waals surface area contributed by atoms with Gasteiger partial charge in [0.05, 0.1) is 14.7 Å². The summed E-state index contributed by atoms with van der Waals surface area (Å²) in [5, 5.41) is -1.68. The highest BCUT2D eigenvalue weighted by molar-refractivity contribution is 7.95. The van der Waals surface area contributed by atoms with Gasteiger partial charge in [-0.15, -0.1) is 0 Å². The van der Waals surface area contributed by atoms with Gasteiger partial charge in [0, 0.05) is 12.3 Å². The third-order valence-corrected chi connectivity index (χ3v) is 12.7. The van der Waals surface area contributed by atoms with E-state index in [9.17, 15) is 21.6 Å².